The van der Waals surface area contributed by atoms with Crippen molar-refractivity contribution in [3.63, 3.8) is 0 Å². The van der Waals surface area contributed by atoms with Gasteiger partial charge in [0.05, 0.1) is 0 Å². The predicted octanol–water partition coefficient (Wildman–Crippen LogP) is 5.26. The molecule has 3 aliphatic rings. The second-order valence-corrected chi connectivity index (χ2v) is 8.01. The number of carbonyl (C=O) groups is 1. The van der Waals surface area contributed by atoms with E-state index in [1.165, 1.54) is 66.1 Å². The fourth-order valence-corrected chi connectivity index (χ4v) is 5.56. The molecular formula is C19H23BrO. The van der Waals surface area contributed by atoms with Gasteiger partial charge in [0.2, 0.25) is 0 Å². The predicted molar refractivity (Wildman–Crippen MR) is 88.9 cm³/mol. The van der Waals surface area contributed by atoms with E-state index in [1.807, 2.05) is 0 Å². The molecular weight excluding hydrogens is 324 g/mol. The van der Waals surface area contributed by atoms with E-state index in [1.54, 1.807) is 0 Å². The normalized spacial score (nSPS) is 25.2. The summed E-state index contributed by atoms with van der Waals surface area (Å²) in [5.74, 6) is 1.50. The highest BCUT2D eigenvalue weighted by Gasteiger charge is 2.35. The summed E-state index contributed by atoms with van der Waals surface area (Å²) in [6.07, 6.45) is 12.5. The van der Waals surface area contributed by atoms with Gasteiger partial charge in [-0.2, -0.15) is 0 Å². The molecule has 0 aromatic heterocycles. The Morgan fingerprint density at radius 2 is 1.86 bits per heavy atom. The van der Waals surface area contributed by atoms with E-state index >= 15 is 0 Å². The summed E-state index contributed by atoms with van der Waals surface area (Å²) in [4.78, 5) is 12.8. The third-order valence-corrected chi connectivity index (χ3v) is 6.82. The summed E-state index contributed by atoms with van der Waals surface area (Å²) < 4.78 is 1.27. The molecule has 1 saturated carbocycles. The van der Waals surface area contributed by atoms with Gasteiger partial charge in [0.15, 0.2) is 5.78 Å². The van der Waals surface area contributed by atoms with Crippen molar-refractivity contribution in [3.05, 3.63) is 32.8 Å². The molecule has 0 amide bonds. The Labute approximate surface area is 135 Å². The second-order valence-electron chi connectivity index (χ2n) is 7.21. The minimum absolute atomic E-state index is 0.266. The quantitative estimate of drug-likeness (QED) is 0.713. The number of benzene rings is 1. The van der Waals surface area contributed by atoms with Crippen molar-refractivity contribution in [2.24, 2.45) is 11.8 Å². The first-order valence-electron chi connectivity index (χ1n) is 8.61. The molecule has 1 nitrogen and oxygen atoms in total. The van der Waals surface area contributed by atoms with Crippen LogP contribution in [-0.2, 0) is 19.3 Å². The Morgan fingerprint density at radius 3 is 2.67 bits per heavy atom. The Bertz CT molecular complexity index is 584. The third kappa shape index (κ3) is 2.40. The van der Waals surface area contributed by atoms with E-state index in [9.17, 15) is 4.79 Å². The standard InChI is InChI=1S/C19H23BrO/c20-18-15-8-4-7-13(15)10-17-16(18)11-14(19(17)21)9-12-5-2-1-3-6-12/h10,12,14H,1-9,11H2. The molecule has 0 bridgehead atoms. The van der Waals surface area contributed by atoms with Gasteiger partial charge in [0.1, 0.15) is 0 Å². The fraction of sp³-hybridized carbons (Fsp3) is 0.632. The van der Waals surface area contributed by atoms with Crippen molar-refractivity contribution in [1.29, 1.82) is 0 Å². The fourth-order valence-electron chi connectivity index (χ4n) is 4.73. The lowest BCUT2D eigenvalue weighted by molar-refractivity contribution is 0.0911. The van der Waals surface area contributed by atoms with Crippen LogP contribution in [0, 0.1) is 11.8 Å². The molecule has 21 heavy (non-hydrogen) atoms. The second kappa shape index (κ2) is 5.53. The van der Waals surface area contributed by atoms with Crippen LogP contribution < -0.4 is 0 Å². The van der Waals surface area contributed by atoms with E-state index in [2.05, 4.69) is 22.0 Å². The van der Waals surface area contributed by atoms with Crippen LogP contribution in [0.3, 0.4) is 0 Å². The Kier molecular flexibility index (Phi) is 3.69. The molecule has 0 N–H and O–H groups in total. The van der Waals surface area contributed by atoms with Crippen LogP contribution in [0.5, 0.6) is 0 Å². The van der Waals surface area contributed by atoms with Crippen LogP contribution in [0.4, 0.5) is 0 Å². The highest BCUT2D eigenvalue weighted by atomic mass is 79.9. The molecule has 112 valence electrons. The molecule has 4 rings (SSSR count). The number of carbonyl (C=O) groups excluding carboxylic acids is 1. The van der Waals surface area contributed by atoms with Crippen molar-refractivity contribution in [2.45, 2.75) is 64.2 Å². The summed E-state index contributed by atoms with van der Waals surface area (Å²) in [6.45, 7) is 0. The molecule has 0 saturated heterocycles. The van der Waals surface area contributed by atoms with Gasteiger partial charge < -0.3 is 0 Å². The van der Waals surface area contributed by atoms with Crippen molar-refractivity contribution in [1.82, 2.24) is 0 Å². The first kappa shape index (κ1) is 14.0. The summed E-state index contributed by atoms with van der Waals surface area (Å²) in [5.41, 5.74) is 5.27. The van der Waals surface area contributed by atoms with Crippen molar-refractivity contribution < 1.29 is 4.79 Å². The van der Waals surface area contributed by atoms with Gasteiger partial charge in [-0.25, -0.2) is 0 Å². The zero-order chi connectivity index (χ0) is 14.4. The van der Waals surface area contributed by atoms with Crippen LogP contribution >= 0.6 is 15.9 Å². The monoisotopic (exact) mass is 346 g/mol. The number of halogens is 1. The molecule has 1 unspecified atom stereocenters. The van der Waals surface area contributed by atoms with Gasteiger partial charge in [0.25, 0.3) is 0 Å². The summed E-state index contributed by atoms with van der Waals surface area (Å²) in [7, 11) is 0. The number of hydrogen-bond donors (Lipinski definition) is 0. The Morgan fingerprint density at radius 1 is 1.05 bits per heavy atom. The van der Waals surface area contributed by atoms with Gasteiger partial charge in [-0.05, 0) is 60.8 Å². The molecule has 2 heteroatoms. The van der Waals surface area contributed by atoms with Gasteiger partial charge >= 0.3 is 0 Å². The number of aryl methyl sites for hydroxylation is 1. The third-order valence-electron chi connectivity index (χ3n) is 5.86. The summed E-state index contributed by atoms with van der Waals surface area (Å²) in [5, 5.41) is 0. The number of rotatable bonds is 2. The topological polar surface area (TPSA) is 17.1 Å². The minimum Gasteiger partial charge on any atom is -0.294 e. The number of ketones is 1. The molecule has 1 fully saturated rings. The van der Waals surface area contributed by atoms with Crippen molar-refractivity contribution in [3.8, 4) is 0 Å². The van der Waals surface area contributed by atoms with Gasteiger partial charge in [-0.15, -0.1) is 0 Å². The Balaban J connectivity index is 1.58. The lowest BCUT2D eigenvalue weighted by atomic mass is 9.81. The molecule has 0 spiro atoms. The molecule has 1 aromatic rings. The Hall–Kier alpha value is -0.630. The van der Waals surface area contributed by atoms with Crippen LogP contribution in [0.1, 0.15) is 72.0 Å². The van der Waals surface area contributed by atoms with E-state index < -0.39 is 0 Å². The van der Waals surface area contributed by atoms with E-state index in [0.717, 1.165) is 30.7 Å². The molecule has 1 atom stereocenters. The number of Topliss-reactive ketones (excluding diaryl/α,β-unsaturated/α-hetero) is 1. The van der Waals surface area contributed by atoms with Crippen molar-refractivity contribution >= 4 is 21.7 Å². The van der Waals surface area contributed by atoms with Crippen LogP contribution in [0.25, 0.3) is 0 Å². The molecule has 0 heterocycles. The van der Waals surface area contributed by atoms with E-state index in [-0.39, 0.29) is 5.92 Å². The van der Waals surface area contributed by atoms with Crippen molar-refractivity contribution in [2.75, 3.05) is 0 Å². The first-order chi connectivity index (χ1) is 10.2. The zero-order valence-electron chi connectivity index (χ0n) is 12.6. The average molecular weight is 347 g/mol. The van der Waals surface area contributed by atoms with Crippen LogP contribution in [-0.4, -0.2) is 5.78 Å². The van der Waals surface area contributed by atoms with E-state index in [0.29, 0.717) is 5.78 Å². The largest absolute Gasteiger partial charge is 0.294 e. The van der Waals surface area contributed by atoms with Crippen LogP contribution in [0.15, 0.2) is 10.5 Å². The van der Waals surface area contributed by atoms with E-state index in [4.69, 9.17) is 0 Å². The lowest BCUT2D eigenvalue weighted by Crippen LogP contribution is -2.16. The highest BCUT2D eigenvalue weighted by molar-refractivity contribution is 9.10. The average Bonchev–Trinajstić information content (AvgIpc) is 3.08. The summed E-state index contributed by atoms with van der Waals surface area (Å²) in [6, 6.07) is 2.23. The molecule has 0 aliphatic heterocycles. The van der Waals surface area contributed by atoms with Gasteiger partial charge in [-0.1, -0.05) is 48.0 Å². The maximum Gasteiger partial charge on any atom is 0.166 e. The van der Waals surface area contributed by atoms with Gasteiger partial charge in [-0.3, -0.25) is 4.79 Å². The maximum absolute atomic E-state index is 12.8. The zero-order valence-corrected chi connectivity index (χ0v) is 14.2. The molecule has 1 aromatic carbocycles. The first-order valence-corrected chi connectivity index (χ1v) is 9.40. The molecule has 3 aliphatic carbocycles. The smallest absolute Gasteiger partial charge is 0.166 e. The molecule has 0 radical (unpaired) electrons. The van der Waals surface area contributed by atoms with Crippen LogP contribution in [0.2, 0.25) is 0 Å². The SMILES string of the molecule is O=C1c2cc3c(c(Br)c2CC1CC1CCCCC1)CCC3. The summed E-state index contributed by atoms with van der Waals surface area (Å²) >= 11 is 3.81. The van der Waals surface area contributed by atoms with Gasteiger partial charge in [0, 0.05) is 16.0 Å². The minimum atomic E-state index is 0.266. The number of hydrogen-bond acceptors (Lipinski definition) is 1. The maximum atomic E-state index is 12.8. The highest BCUT2D eigenvalue weighted by Crippen LogP contribution is 2.42. The number of fused-ring (bicyclic) bond motifs is 2. The lowest BCUT2D eigenvalue weighted by Gasteiger charge is -2.23.